The van der Waals surface area contributed by atoms with E-state index in [-0.39, 0.29) is 12.6 Å². The van der Waals surface area contributed by atoms with Gasteiger partial charge in [-0.25, -0.2) is 0 Å². The first-order chi connectivity index (χ1) is 8.46. The van der Waals surface area contributed by atoms with Gasteiger partial charge in [-0.1, -0.05) is 12.1 Å². The van der Waals surface area contributed by atoms with Gasteiger partial charge in [0.05, 0.1) is 19.8 Å². The standard InChI is InChI=1S/C12H16F3NO2/c1-16-11(7-18-8-12(13,14)15)9-4-3-5-10(6-9)17-2/h3-6,11,16H,7-8H2,1-2H3. The second kappa shape index (κ2) is 6.61. The van der Waals surface area contributed by atoms with Crippen LogP contribution in [-0.2, 0) is 4.74 Å². The van der Waals surface area contributed by atoms with Crippen molar-refractivity contribution in [3.05, 3.63) is 29.8 Å². The molecule has 3 nitrogen and oxygen atoms in total. The maximum Gasteiger partial charge on any atom is 0.411 e. The van der Waals surface area contributed by atoms with Crippen LogP contribution in [0.3, 0.4) is 0 Å². The van der Waals surface area contributed by atoms with Gasteiger partial charge in [-0.3, -0.25) is 0 Å². The Hall–Kier alpha value is -1.27. The van der Waals surface area contributed by atoms with Gasteiger partial charge in [-0.15, -0.1) is 0 Å². The second-order valence-corrected chi connectivity index (χ2v) is 3.75. The fourth-order valence-corrected chi connectivity index (χ4v) is 1.50. The number of alkyl halides is 3. The smallest absolute Gasteiger partial charge is 0.411 e. The number of rotatable bonds is 6. The molecule has 18 heavy (non-hydrogen) atoms. The number of methoxy groups -OCH3 is 1. The third-order valence-electron chi connectivity index (χ3n) is 2.39. The van der Waals surface area contributed by atoms with E-state index in [9.17, 15) is 13.2 Å². The van der Waals surface area contributed by atoms with E-state index in [0.29, 0.717) is 5.75 Å². The van der Waals surface area contributed by atoms with Crippen molar-refractivity contribution in [2.75, 3.05) is 27.4 Å². The van der Waals surface area contributed by atoms with Gasteiger partial charge in [0.2, 0.25) is 0 Å². The molecule has 0 aliphatic rings. The lowest BCUT2D eigenvalue weighted by molar-refractivity contribution is -0.175. The first-order valence-corrected chi connectivity index (χ1v) is 5.42. The van der Waals surface area contributed by atoms with Crippen molar-refractivity contribution in [3.8, 4) is 5.75 Å². The molecule has 0 aromatic heterocycles. The van der Waals surface area contributed by atoms with E-state index >= 15 is 0 Å². The molecule has 1 atom stereocenters. The molecule has 0 spiro atoms. The molecule has 1 N–H and O–H groups in total. The highest BCUT2D eigenvalue weighted by Crippen LogP contribution is 2.20. The van der Waals surface area contributed by atoms with E-state index in [1.54, 1.807) is 31.3 Å². The fraction of sp³-hybridized carbons (Fsp3) is 0.500. The zero-order chi connectivity index (χ0) is 13.6. The van der Waals surface area contributed by atoms with Gasteiger partial charge in [0.1, 0.15) is 12.4 Å². The molecule has 0 aliphatic heterocycles. The molecule has 1 rings (SSSR count). The Morgan fingerprint density at radius 2 is 2.06 bits per heavy atom. The molecule has 0 heterocycles. The SMILES string of the molecule is CNC(COCC(F)(F)F)c1cccc(OC)c1. The largest absolute Gasteiger partial charge is 0.497 e. The van der Waals surface area contributed by atoms with E-state index in [1.807, 2.05) is 0 Å². The molecular weight excluding hydrogens is 247 g/mol. The van der Waals surface area contributed by atoms with Gasteiger partial charge in [-0.2, -0.15) is 13.2 Å². The average Bonchev–Trinajstić information content (AvgIpc) is 2.33. The molecule has 0 radical (unpaired) electrons. The number of hydrogen-bond donors (Lipinski definition) is 1. The summed E-state index contributed by atoms with van der Waals surface area (Å²) < 4.78 is 45.6. The third kappa shape index (κ3) is 4.93. The lowest BCUT2D eigenvalue weighted by Crippen LogP contribution is -2.25. The predicted octanol–water partition coefficient (Wildman–Crippen LogP) is 2.53. The number of benzene rings is 1. The van der Waals surface area contributed by atoms with Gasteiger partial charge >= 0.3 is 6.18 Å². The number of nitrogens with one attached hydrogen (secondary N) is 1. The minimum Gasteiger partial charge on any atom is -0.497 e. The number of ether oxygens (including phenoxy) is 2. The highest BCUT2D eigenvalue weighted by atomic mass is 19.4. The second-order valence-electron chi connectivity index (χ2n) is 3.75. The van der Waals surface area contributed by atoms with Crippen molar-refractivity contribution in [3.63, 3.8) is 0 Å². The molecule has 0 amide bonds. The van der Waals surface area contributed by atoms with Crippen molar-refractivity contribution in [1.29, 1.82) is 0 Å². The molecule has 102 valence electrons. The van der Waals surface area contributed by atoms with Crippen molar-refractivity contribution in [1.82, 2.24) is 5.32 Å². The van der Waals surface area contributed by atoms with Crippen LogP contribution in [0.5, 0.6) is 5.75 Å². The number of likely N-dealkylation sites (N-methyl/N-ethyl adjacent to an activating group) is 1. The van der Waals surface area contributed by atoms with E-state index < -0.39 is 12.8 Å². The Morgan fingerprint density at radius 3 is 2.61 bits per heavy atom. The lowest BCUT2D eigenvalue weighted by atomic mass is 10.1. The average molecular weight is 263 g/mol. The van der Waals surface area contributed by atoms with E-state index in [2.05, 4.69) is 10.1 Å². The molecular formula is C12H16F3NO2. The highest BCUT2D eigenvalue weighted by molar-refractivity contribution is 5.30. The summed E-state index contributed by atoms with van der Waals surface area (Å²) in [5, 5.41) is 2.91. The molecule has 0 bridgehead atoms. The van der Waals surface area contributed by atoms with Gasteiger partial charge in [-0.05, 0) is 24.7 Å². The molecule has 1 unspecified atom stereocenters. The van der Waals surface area contributed by atoms with Gasteiger partial charge in [0.25, 0.3) is 0 Å². The fourth-order valence-electron chi connectivity index (χ4n) is 1.50. The minimum atomic E-state index is -4.30. The zero-order valence-electron chi connectivity index (χ0n) is 10.3. The topological polar surface area (TPSA) is 30.5 Å². The van der Waals surface area contributed by atoms with Crippen LogP contribution in [0.4, 0.5) is 13.2 Å². The summed E-state index contributed by atoms with van der Waals surface area (Å²) in [4.78, 5) is 0. The molecule has 0 saturated carbocycles. The van der Waals surface area contributed by atoms with Crippen LogP contribution in [0.25, 0.3) is 0 Å². The Balaban J connectivity index is 2.59. The monoisotopic (exact) mass is 263 g/mol. The van der Waals surface area contributed by atoms with Crippen LogP contribution in [0.1, 0.15) is 11.6 Å². The molecule has 1 aromatic rings. The van der Waals surface area contributed by atoms with Gasteiger partial charge in [0.15, 0.2) is 0 Å². The summed E-state index contributed by atoms with van der Waals surface area (Å²) >= 11 is 0. The van der Waals surface area contributed by atoms with Gasteiger partial charge < -0.3 is 14.8 Å². The first-order valence-electron chi connectivity index (χ1n) is 5.42. The minimum absolute atomic E-state index is 0.0524. The Bertz CT molecular complexity index is 369. The normalized spacial score (nSPS) is 13.4. The lowest BCUT2D eigenvalue weighted by Gasteiger charge is -2.18. The van der Waals surface area contributed by atoms with Crippen molar-refractivity contribution in [2.45, 2.75) is 12.2 Å². The third-order valence-corrected chi connectivity index (χ3v) is 2.39. The van der Waals surface area contributed by atoms with E-state index in [0.717, 1.165) is 5.56 Å². The van der Waals surface area contributed by atoms with Crippen LogP contribution in [0.2, 0.25) is 0 Å². The van der Waals surface area contributed by atoms with Crippen molar-refractivity contribution >= 4 is 0 Å². The maximum atomic E-state index is 12.0. The van der Waals surface area contributed by atoms with Gasteiger partial charge in [0, 0.05) is 0 Å². The zero-order valence-corrected chi connectivity index (χ0v) is 10.3. The number of hydrogen-bond acceptors (Lipinski definition) is 3. The molecule has 0 fully saturated rings. The summed E-state index contributed by atoms with van der Waals surface area (Å²) in [7, 11) is 3.20. The molecule has 0 saturated heterocycles. The number of halogens is 3. The molecule has 6 heteroatoms. The summed E-state index contributed by atoms with van der Waals surface area (Å²) in [5.74, 6) is 0.656. The van der Waals surface area contributed by atoms with Crippen molar-refractivity contribution in [2.24, 2.45) is 0 Å². The molecule has 0 aliphatic carbocycles. The van der Waals surface area contributed by atoms with E-state index in [4.69, 9.17) is 4.74 Å². The van der Waals surface area contributed by atoms with Crippen LogP contribution in [0, 0.1) is 0 Å². The Labute approximate surface area is 104 Å². The summed E-state index contributed by atoms with van der Waals surface area (Å²) in [5.41, 5.74) is 0.819. The Morgan fingerprint density at radius 1 is 1.33 bits per heavy atom. The maximum absolute atomic E-state index is 12.0. The summed E-state index contributed by atoms with van der Waals surface area (Å²) in [6.07, 6.45) is -4.30. The molecule has 1 aromatic carbocycles. The highest BCUT2D eigenvalue weighted by Gasteiger charge is 2.28. The quantitative estimate of drug-likeness (QED) is 0.855. The summed E-state index contributed by atoms with van der Waals surface area (Å²) in [6, 6.07) is 6.82. The van der Waals surface area contributed by atoms with Crippen LogP contribution in [0.15, 0.2) is 24.3 Å². The first kappa shape index (κ1) is 14.8. The van der Waals surface area contributed by atoms with E-state index in [1.165, 1.54) is 7.11 Å². The van der Waals surface area contributed by atoms with Crippen LogP contribution >= 0.6 is 0 Å². The summed E-state index contributed by atoms with van der Waals surface area (Å²) in [6.45, 7) is -1.29. The van der Waals surface area contributed by atoms with Crippen LogP contribution in [-0.4, -0.2) is 33.5 Å². The Kier molecular flexibility index (Phi) is 5.43. The predicted molar refractivity (Wildman–Crippen MR) is 61.7 cm³/mol. The van der Waals surface area contributed by atoms with Crippen LogP contribution < -0.4 is 10.1 Å². The van der Waals surface area contributed by atoms with Crippen molar-refractivity contribution < 1.29 is 22.6 Å².